The van der Waals surface area contributed by atoms with Crippen LogP contribution in [0.4, 0.5) is 5.69 Å². The molecule has 124 valence electrons. The highest BCUT2D eigenvalue weighted by molar-refractivity contribution is 7.09. The number of aryl methyl sites for hydroxylation is 2. The molecule has 0 aliphatic heterocycles. The van der Waals surface area contributed by atoms with Crippen LogP contribution in [-0.4, -0.2) is 20.6 Å². The van der Waals surface area contributed by atoms with Gasteiger partial charge < -0.3 is 15.0 Å². The molecule has 3 aromatic rings. The largest absolute Gasteiger partial charge is 0.506 e. The summed E-state index contributed by atoms with van der Waals surface area (Å²) in [6.07, 6.45) is 0. The first-order chi connectivity index (χ1) is 11.5. The molecule has 0 bridgehead atoms. The van der Waals surface area contributed by atoms with Crippen molar-refractivity contribution in [2.75, 3.05) is 5.32 Å². The van der Waals surface area contributed by atoms with E-state index in [1.807, 2.05) is 30.7 Å². The van der Waals surface area contributed by atoms with Gasteiger partial charge >= 0.3 is 0 Å². The van der Waals surface area contributed by atoms with Crippen LogP contribution in [0.1, 0.15) is 16.4 Å². The highest BCUT2D eigenvalue weighted by Gasteiger charge is 2.15. The van der Waals surface area contributed by atoms with E-state index < -0.39 is 0 Å². The van der Waals surface area contributed by atoms with E-state index in [4.69, 9.17) is 0 Å². The Kier molecular flexibility index (Phi) is 4.40. The lowest BCUT2D eigenvalue weighted by Gasteiger charge is -2.11. The number of thiazole rings is 1. The predicted molar refractivity (Wildman–Crippen MR) is 96.5 cm³/mol. The van der Waals surface area contributed by atoms with Crippen LogP contribution in [0.25, 0.3) is 11.3 Å². The molecule has 0 radical (unpaired) electrons. The maximum Gasteiger partial charge on any atom is 0.244 e. The average Bonchev–Trinajstić information content (AvgIpc) is 3.08. The minimum atomic E-state index is -0.181. The number of carbonyl (C=O) groups is 1. The molecule has 1 amide bonds. The molecular formula is C18H19N3O2S. The number of nitrogens with one attached hydrogen (secondary N) is 1. The molecule has 0 aliphatic rings. The first kappa shape index (κ1) is 16.3. The van der Waals surface area contributed by atoms with Gasteiger partial charge in [0.05, 0.1) is 16.4 Å². The van der Waals surface area contributed by atoms with Crippen LogP contribution in [0.3, 0.4) is 0 Å². The molecule has 0 aliphatic carbocycles. The Balaban J connectivity index is 1.82. The van der Waals surface area contributed by atoms with Gasteiger partial charge in [-0.3, -0.25) is 4.79 Å². The number of rotatable bonds is 4. The normalized spacial score (nSPS) is 10.8. The summed E-state index contributed by atoms with van der Waals surface area (Å²) in [6.45, 7) is 6.13. The van der Waals surface area contributed by atoms with Gasteiger partial charge in [-0.2, -0.15) is 0 Å². The number of phenolic OH excluding ortho intramolecular Hbond substituents is 1. The van der Waals surface area contributed by atoms with Gasteiger partial charge in [-0.25, -0.2) is 4.98 Å². The number of amides is 1. The number of carbonyl (C=O) groups excluding carboxylic acids is 1. The van der Waals surface area contributed by atoms with E-state index in [-0.39, 0.29) is 18.2 Å². The summed E-state index contributed by atoms with van der Waals surface area (Å²) in [6, 6.07) is 8.76. The van der Waals surface area contributed by atoms with Crippen molar-refractivity contribution in [1.29, 1.82) is 0 Å². The molecule has 24 heavy (non-hydrogen) atoms. The molecule has 2 aromatic heterocycles. The van der Waals surface area contributed by atoms with Crippen molar-refractivity contribution in [2.24, 2.45) is 0 Å². The third-order valence-corrected chi connectivity index (χ3v) is 4.72. The van der Waals surface area contributed by atoms with Gasteiger partial charge in [0.2, 0.25) is 5.91 Å². The molecule has 2 N–H and O–H groups in total. The minimum Gasteiger partial charge on any atom is -0.506 e. The van der Waals surface area contributed by atoms with E-state index in [9.17, 15) is 9.90 Å². The van der Waals surface area contributed by atoms with Gasteiger partial charge in [0.15, 0.2) is 0 Å². The first-order valence-corrected chi connectivity index (χ1v) is 8.50. The highest BCUT2D eigenvalue weighted by atomic mass is 32.1. The fourth-order valence-corrected chi connectivity index (χ4v) is 3.32. The lowest BCUT2D eigenvalue weighted by Crippen LogP contribution is -2.20. The third kappa shape index (κ3) is 3.19. The Hall–Kier alpha value is -2.60. The lowest BCUT2D eigenvalue weighted by atomic mass is 10.2. The fraction of sp³-hybridized carbons (Fsp3) is 0.222. The topological polar surface area (TPSA) is 67.2 Å². The Morgan fingerprint density at radius 1 is 1.29 bits per heavy atom. The van der Waals surface area contributed by atoms with Gasteiger partial charge in [-0.15, -0.1) is 11.3 Å². The molecule has 0 unspecified atom stereocenters. The van der Waals surface area contributed by atoms with Crippen LogP contribution in [0.15, 0.2) is 35.7 Å². The van der Waals surface area contributed by atoms with Gasteiger partial charge in [-0.05, 0) is 39.0 Å². The summed E-state index contributed by atoms with van der Waals surface area (Å²) >= 11 is 1.61. The van der Waals surface area contributed by atoms with E-state index in [0.29, 0.717) is 5.69 Å². The highest BCUT2D eigenvalue weighted by Crippen LogP contribution is 2.28. The molecule has 6 heteroatoms. The Morgan fingerprint density at radius 3 is 2.71 bits per heavy atom. The number of aromatic hydroxyl groups is 1. The summed E-state index contributed by atoms with van der Waals surface area (Å²) in [4.78, 5) is 16.9. The second-order valence-electron chi connectivity index (χ2n) is 5.69. The van der Waals surface area contributed by atoms with Crippen molar-refractivity contribution in [3.63, 3.8) is 0 Å². The maximum atomic E-state index is 12.3. The minimum absolute atomic E-state index is 0.0606. The average molecular weight is 341 g/mol. The zero-order valence-corrected chi connectivity index (χ0v) is 14.6. The Labute approximate surface area is 144 Å². The summed E-state index contributed by atoms with van der Waals surface area (Å²) in [5, 5.41) is 15.6. The van der Waals surface area contributed by atoms with Gasteiger partial charge in [0.1, 0.15) is 12.3 Å². The van der Waals surface area contributed by atoms with Crippen LogP contribution in [0.2, 0.25) is 0 Å². The van der Waals surface area contributed by atoms with Crippen LogP contribution in [0.5, 0.6) is 5.75 Å². The SMILES string of the molecule is Cc1nc(-c2cc(C)n(CC(=O)Nc3ccccc3O)c2C)cs1. The molecule has 0 fully saturated rings. The van der Waals surface area contributed by atoms with E-state index in [1.54, 1.807) is 35.6 Å². The quantitative estimate of drug-likeness (QED) is 0.708. The van der Waals surface area contributed by atoms with E-state index in [2.05, 4.69) is 16.4 Å². The molecule has 0 spiro atoms. The number of para-hydroxylation sites is 2. The lowest BCUT2D eigenvalue weighted by molar-refractivity contribution is -0.116. The number of benzene rings is 1. The molecule has 3 rings (SSSR count). The number of nitrogens with zero attached hydrogens (tertiary/aromatic N) is 2. The monoisotopic (exact) mass is 341 g/mol. The molecule has 2 heterocycles. The number of hydrogen-bond acceptors (Lipinski definition) is 4. The van der Waals surface area contributed by atoms with Crippen molar-refractivity contribution in [3.05, 3.63) is 52.1 Å². The van der Waals surface area contributed by atoms with Gasteiger partial charge in [0.25, 0.3) is 0 Å². The Morgan fingerprint density at radius 2 is 2.04 bits per heavy atom. The van der Waals surface area contributed by atoms with Crippen LogP contribution < -0.4 is 5.32 Å². The maximum absolute atomic E-state index is 12.3. The van der Waals surface area contributed by atoms with Crippen molar-refractivity contribution < 1.29 is 9.90 Å². The standard InChI is InChI=1S/C18H19N3O2S/c1-11-8-14(16-10-24-13(3)19-16)12(2)21(11)9-18(23)20-15-6-4-5-7-17(15)22/h4-8,10,22H,9H2,1-3H3,(H,20,23). The van der Waals surface area contributed by atoms with Gasteiger partial charge in [0, 0.05) is 22.3 Å². The van der Waals surface area contributed by atoms with Crippen molar-refractivity contribution >= 4 is 22.9 Å². The van der Waals surface area contributed by atoms with E-state index >= 15 is 0 Å². The molecule has 0 saturated heterocycles. The Bertz CT molecular complexity index is 896. The van der Waals surface area contributed by atoms with Crippen LogP contribution >= 0.6 is 11.3 Å². The molecule has 1 aromatic carbocycles. The molecule has 0 atom stereocenters. The second-order valence-corrected chi connectivity index (χ2v) is 6.75. The van der Waals surface area contributed by atoms with Crippen molar-refractivity contribution in [1.82, 2.24) is 9.55 Å². The smallest absolute Gasteiger partial charge is 0.244 e. The summed E-state index contributed by atoms with van der Waals surface area (Å²) < 4.78 is 1.96. The number of phenols is 1. The van der Waals surface area contributed by atoms with Crippen LogP contribution in [-0.2, 0) is 11.3 Å². The van der Waals surface area contributed by atoms with Gasteiger partial charge in [-0.1, -0.05) is 12.1 Å². The number of aromatic nitrogens is 2. The van der Waals surface area contributed by atoms with Crippen LogP contribution in [0, 0.1) is 20.8 Å². The fourth-order valence-electron chi connectivity index (χ4n) is 2.70. The summed E-state index contributed by atoms with van der Waals surface area (Å²) in [5.41, 5.74) is 4.41. The number of anilines is 1. The predicted octanol–water partition coefficient (Wildman–Crippen LogP) is 3.88. The van der Waals surface area contributed by atoms with Crippen molar-refractivity contribution in [2.45, 2.75) is 27.3 Å². The number of hydrogen-bond donors (Lipinski definition) is 2. The summed E-state index contributed by atoms with van der Waals surface area (Å²) in [5.74, 6) is -0.121. The van der Waals surface area contributed by atoms with Crippen molar-refractivity contribution in [3.8, 4) is 17.0 Å². The molecule has 5 nitrogen and oxygen atoms in total. The zero-order valence-electron chi connectivity index (χ0n) is 13.8. The first-order valence-electron chi connectivity index (χ1n) is 7.63. The summed E-state index contributed by atoms with van der Waals surface area (Å²) in [7, 11) is 0. The second kappa shape index (κ2) is 6.49. The van der Waals surface area contributed by atoms with E-state index in [1.165, 1.54) is 0 Å². The van der Waals surface area contributed by atoms with E-state index in [0.717, 1.165) is 27.7 Å². The molecular weight excluding hydrogens is 322 g/mol. The molecule has 0 saturated carbocycles. The third-order valence-electron chi connectivity index (χ3n) is 3.95. The zero-order chi connectivity index (χ0) is 17.3.